The van der Waals surface area contributed by atoms with Gasteiger partial charge in [-0.05, 0) is 11.1 Å². The molecule has 86 valence electrons. The lowest BCUT2D eigenvalue weighted by molar-refractivity contribution is 1.07. The van der Waals surface area contributed by atoms with Crippen LogP contribution in [0.3, 0.4) is 0 Å². The summed E-state index contributed by atoms with van der Waals surface area (Å²) in [7, 11) is 0. The van der Waals surface area contributed by atoms with E-state index >= 15 is 0 Å². The predicted octanol–water partition coefficient (Wildman–Crippen LogP) is 3.84. The monoisotopic (exact) mass is 242 g/mol. The smallest absolute Gasteiger partial charge is 0.0777 e. The second kappa shape index (κ2) is 6.76. The Morgan fingerprint density at radius 3 is 1.47 bits per heavy atom. The molecule has 0 heterocycles. The number of nitrogens with zero attached hydrogens (tertiary/aromatic N) is 2. The normalized spacial score (nSPS) is 9.65. The summed E-state index contributed by atoms with van der Waals surface area (Å²) in [6, 6.07) is 20.4. The van der Waals surface area contributed by atoms with Gasteiger partial charge in [0.2, 0.25) is 0 Å². The number of hydrogen-bond acceptors (Lipinski definition) is 2. The third-order valence-corrected chi connectivity index (χ3v) is 2.78. The zero-order chi connectivity index (χ0) is 11.8. The van der Waals surface area contributed by atoms with Crippen LogP contribution in [0.2, 0.25) is 0 Å². The maximum Gasteiger partial charge on any atom is 0.0777 e. The third-order valence-electron chi connectivity index (χ3n) is 2.30. The molecule has 0 aliphatic heterocycles. The molecule has 2 rings (SSSR count). The van der Waals surface area contributed by atoms with Crippen molar-refractivity contribution in [3.63, 3.8) is 0 Å². The molecular weight excluding hydrogens is 228 g/mol. The van der Waals surface area contributed by atoms with Crippen LogP contribution in [0.5, 0.6) is 0 Å². The first-order chi connectivity index (χ1) is 8.45. The van der Waals surface area contributed by atoms with Crippen LogP contribution in [0.1, 0.15) is 11.1 Å². The number of benzene rings is 2. The van der Waals surface area contributed by atoms with Crippen LogP contribution in [0, 0.1) is 0 Å². The maximum absolute atomic E-state index is 4.31. The van der Waals surface area contributed by atoms with Crippen molar-refractivity contribution in [1.82, 2.24) is 0 Å². The molecule has 0 atom stereocenters. The minimum atomic E-state index is 0.712. The van der Waals surface area contributed by atoms with E-state index in [4.69, 9.17) is 0 Å². The van der Waals surface area contributed by atoms with Gasteiger partial charge in [0.05, 0.1) is 24.4 Å². The van der Waals surface area contributed by atoms with Gasteiger partial charge in [-0.15, -0.1) is 0 Å². The molecule has 0 aliphatic carbocycles. The van der Waals surface area contributed by atoms with Gasteiger partial charge in [-0.25, -0.2) is 8.73 Å². The fourth-order valence-electron chi connectivity index (χ4n) is 1.41. The molecule has 0 amide bonds. The van der Waals surface area contributed by atoms with Crippen LogP contribution in [-0.2, 0) is 24.4 Å². The van der Waals surface area contributed by atoms with E-state index in [0.29, 0.717) is 13.1 Å². The molecule has 17 heavy (non-hydrogen) atoms. The molecule has 0 bridgehead atoms. The minimum Gasteiger partial charge on any atom is -0.209 e. The average Bonchev–Trinajstić information content (AvgIpc) is 2.41. The zero-order valence-electron chi connectivity index (χ0n) is 9.49. The fourth-order valence-corrected chi connectivity index (χ4v) is 1.91. The van der Waals surface area contributed by atoms with Crippen molar-refractivity contribution in [2.24, 2.45) is 8.73 Å². The molecular formula is C14H14N2S. The standard InChI is InChI=1S/C14H14N2S/c1-3-7-13(8-4-1)11-15-17-16-12-14-9-5-2-6-10-14/h1-10H,11-12H2. The van der Waals surface area contributed by atoms with Crippen molar-refractivity contribution in [3.05, 3.63) is 71.8 Å². The molecule has 0 N–H and O–H groups in total. The van der Waals surface area contributed by atoms with Crippen molar-refractivity contribution >= 4 is 11.4 Å². The molecule has 0 saturated heterocycles. The van der Waals surface area contributed by atoms with Crippen molar-refractivity contribution in [2.75, 3.05) is 0 Å². The summed E-state index contributed by atoms with van der Waals surface area (Å²) in [5.41, 5.74) is 2.44. The summed E-state index contributed by atoms with van der Waals surface area (Å²) in [6.07, 6.45) is 0. The lowest BCUT2D eigenvalue weighted by Crippen LogP contribution is -1.78. The maximum atomic E-state index is 4.31. The van der Waals surface area contributed by atoms with Crippen molar-refractivity contribution < 1.29 is 0 Å². The van der Waals surface area contributed by atoms with E-state index in [1.165, 1.54) is 22.5 Å². The Kier molecular flexibility index (Phi) is 4.67. The van der Waals surface area contributed by atoms with Crippen molar-refractivity contribution in [1.29, 1.82) is 0 Å². The van der Waals surface area contributed by atoms with E-state index in [-0.39, 0.29) is 0 Å². The molecule has 0 aliphatic rings. The van der Waals surface area contributed by atoms with Gasteiger partial charge >= 0.3 is 0 Å². The first-order valence-electron chi connectivity index (χ1n) is 5.53. The Bertz CT molecular complexity index is 457. The third kappa shape index (κ3) is 4.33. The first-order valence-corrected chi connectivity index (χ1v) is 6.26. The van der Waals surface area contributed by atoms with E-state index in [9.17, 15) is 0 Å². The molecule has 0 aromatic heterocycles. The molecule has 0 fully saturated rings. The number of hydrogen-bond donors (Lipinski definition) is 0. The molecule has 2 nitrogen and oxygen atoms in total. The van der Waals surface area contributed by atoms with Gasteiger partial charge in [-0.3, -0.25) is 0 Å². The predicted molar refractivity (Wildman–Crippen MR) is 72.5 cm³/mol. The van der Waals surface area contributed by atoms with Crippen LogP contribution in [0.4, 0.5) is 0 Å². The van der Waals surface area contributed by atoms with E-state index in [1.54, 1.807) is 0 Å². The van der Waals surface area contributed by atoms with Crippen molar-refractivity contribution in [2.45, 2.75) is 13.1 Å². The van der Waals surface area contributed by atoms with Crippen LogP contribution in [-0.4, -0.2) is 0 Å². The molecule has 0 unspecified atom stereocenters. The van der Waals surface area contributed by atoms with Crippen LogP contribution >= 0.6 is 0 Å². The largest absolute Gasteiger partial charge is 0.209 e. The van der Waals surface area contributed by atoms with Crippen LogP contribution in [0.25, 0.3) is 0 Å². The molecule has 2 aromatic carbocycles. The lowest BCUT2D eigenvalue weighted by Gasteiger charge is -1.92. The highest BCUT2D eigenvalue weighted by molar-refractivity contribution is 7.57. The highest BCUT2D eigenvalue weighted by Gasteiger charge is 1.86. The second-order valence-electron chi connectivity index (χ2n) is 3.63. The summed E-state index contributed by atoms with van der Waals surface area (Å²) in [5, 5.41) is 0. The van der Waals surface area contributed by atoms with Gasteiger partial charge in [0.25, 0.3) is 0 Å². The summed E-state index contributed by atoms with van der Waals surface area (Å²) < 4.78 is 8.61. The summed E-state index contributed by atoms with van der Waals surface area (Å²) in [4.78, 5) is 0. The summed E-state index contributed by atoms with van der Waals surface area (Å²) in [6.45, 7) is 1.42. The Labute approximate surface area is 105 Å². The Balaban J connectivity index is 1.85. The molecule has 2 aromatic rings. The first kappa shape index (κ1) is 11.7. The topological polar surface area (TPSA) is 24.7 Å². The molecule has 0 saturated carbocycles. The molecule has 0 spiro atoms. The fraction of sp³-hybridized carbons (Fsp3) is 0.143. The van der Waals surface area contributed by atoms with E-state index in [1.807, 2.05) is 36.4 Å². The Hall–Kier alpha value is -1.74. The molecule has 0 radical (unpaired) electrons. The lowest BCUT2D eigenvalue weighted by atomic mass is 10.2. The van der Waals surface area contributed by atoms with Crippen molar-refractivity contribution in [3.8, 4) is 0 Å². The summed E-state index contributed by atoms with van der Waals surface area (Å²) >= 11 is 1.29. The Morgan fingerprint density at radius 1 is 0.647 bits per heavy atom. The highest BCUT2D eigenvalue weighted by Crippen LogP contribution is 2.01. The van der Waals surface area contributed by atoms with Gasteiger partial charge in [0, 0.05) is 0 Å². The van der Waals surface area contributed by atoms with Gasteiger partial charge < -0.3 is 0 Å². The quantitative estimate of drug-likeness (QED) is 0.778. The highest BCUT2D eigenvalue weighted by atomic mass is 32.1. The SMILES string of the molecule is c1ccc(CN=S=NCc2ccccc2)cc1. The van der Waals surface area contributed by atoms with Gasteiger partial charge in [-0.1, -0.05) is 60.7 Å². The molecule has 3 heteroatoms. The van der Waals surface area contributed by atoms with Crippen LogP contribution < -0.4 is 0 Å². The van der Waals surface area contributed by atoms with Gasteiger partial charge in [0.15, 0.2) is 0 Å². The van der Waals surface area contributed by atoms with E-state index in [2.05, 4.69) is 33.0 Å². The van der Waals surface area contributed by atoms with Gasteiger partial charge in [-0.2, -0.15) is 0 Å². The average molecular weight is 242 g/mol. The van der Waals surface area contributed by atoms with Crippen LogP contribution in [0.15, 0.2) is 69.4 Å². The second-order valence-corrected chi connectivity index (χ2v) is 4.31. The van der Waals surface area contributed by atoms with E-state index < -0.39 is 0 Å². The van der Waals surface area contributed by atoms with E-state index in [0.717, 1.165) is 0 Å². The minimum absolute atomic E-state index is 0.712. The van der Waals surface area contributed by atoms with Gasteiger partial charge in [0.1, 0.15) is 0 Å². The zero-order valence-corrected chi connectivity index (χ0v) is 10.3. The number of rotatable bonds is 4. The Morgan fingerprint density at radius 2 is 1.06 bits per heavy atom. The summed E-state index contributed by atoms with van der Waals surface area (Å²) in [5.74, 6) is 0.